The van der Waals surface area contributed by atoms with Gasteiger partial charge in [-0.05, 0) is 18.1 Å². The first kappa shape index (κ1) is 21.4. The van der Waals surface area contributed by atoms with Gasteiger partial charge in [0.05, 0.1) is 0 Å². The molecule has 0 radical (unpaired) electrons. The monoisotopic (exact) mass is 402 g/mol. The van der Waals surface area contributed by atoms with E-state index in [1.165, 1.54) is 6.92 Å². The van der Waals surface area contributed by atoms with Crippen molar-refractivity contribution in [3.05, 3.63) is 71.8 Å². The number of nitrogens with one attached hydrogen (secondary N) is 2. The van der Waals surface area contributed by atoms with Crippen LogP contribution in [-0.2, 0) is 32.1 Å². The maximum Gasteiger partial charge on any atom is 0.328 e. The van der Waals surface area contributed by atoms with Crippen LogP contribution < -0.4 is 10.6 Å². The van der Waals surface area contributed by atoms with E-state index >= 15 is 0 Å². The Hall–Kier alpha value is -2.86. The number of rotatable bonds is 9. The number of hydrogen-bond acceptors (Lipinski definition) is 4. The van der Waals surface area contributed by atoms with E-state index in [0.29, 0.717) is 0 Å². The van der Waals surface area contributed by atoms with Gasteiger partial charge in [0.15, 0.2) is 0 Å². The summed E-state index contributed by atoms with van der Waals surface area (Å²) in [6, 6.07) is 16.8. The second-order valence-corrected chi connectivity index (χ2v) is 6.53. The van der Waals surface area contributed by atoms with Crippen molar-refractivity contribution >= 4 is 29.4 Å². The number of amides is 2. The van der Waals surface area contributed by atoms with E-state index in [1.807, 2.05) is 60.7 Å². The lowest BCUT2D eigenvalue weighted by molar-refractivity contribution is -0.148. The average molecular weight is 403 g/mol. The Balaban J connectivity index is 1.94. The molecule has 28 heavy (non-hydrogen) atoms. The number of esters is 1. The minimum Gasteiger partial charge on any atom is -0.459 e. The lowest BCUT2D eigenvalue weighted by Crippen LogP contribution is -2.52. The van der Waals surface area contributed by atoms with Gasteiger partial charge in [0.25, 0.3) is 0 Å². The molecule has 0 aliphatic heterocycles. The second kappa shape index (κ2) is 11.1. The van der Waals surface area contributed by atoms with Gasteiger partial charge < -0.3 is 15.4 Å². The summed E-state index contributed by atoms with van der Waals surface area (Å²) >= 11 is 5.54. The van der Waals surface area contributed by atoms with Crippen LogP contribution in [0.5, 0.6) is 0 Å². The quantitative estimate of drug-likeness (QED) is 0.497. The van der Waals surface area contributed by atoms with Crippen LogP contribution in [0.25, 0.3) is 0 Å². The highest BCUT2D eigenvalue weighted by molar-refractivity contribution is 6.27. The zero-order valence-electron chi connectivity index (χ0n) is 15.6. The van der Waals surface area contributed by atoms with E-state index in [-0.39, 0.29) is 18.9 Å². The third-order valence-corrected chi connectivity index (χ3v) is 4.23. The van der Waals surface area contributed by atoms with Gasteiger partial charge in [0, 0.05) is 6.42 Å². The summed E-state index contributed by atoms with van der Waals surface area (Å²) in [6.45, 7) is 1.66. The molecule has 0 spiro atoms. The van der Waals surface area contributed by atoms with E-state index in [0.717, 1.165) is 11.1 Å². The number of halogens is 1. The lowest BCUT2D eigenvalue weighted by atomic mass is 10.0. The number of carbonyl (C=O) groups excluding carboxylic acids is 3. The van der Waals surface area contributed by atoms with Crippen LogP contribution in [0, 0.1) is 0 Å². The fourth-order valence-electron chi connectivity index (χ4n) is 2.52. The molecule has 0 bridgehead atoms. The molecule has 2 amide bonds. The minimum atomic E-state index is -0.859. The van der Waals surface area contributed by atoms with Gasteiger partial charge in [-0.1, -0.05) is 60.7 Å². The summed E-state index contributed by atoms with van der Waals surface area (Å²) in [6.07, 6.45) is 0.279. The third kappa shape index (κ3) is 7.04. The van der Waals surface area contributed by atoms with Crippen LogP contribution >= 0.6 is 11.6 Å². The summed E-state index contributed by atoms with van der Waals surface area (Å²) in [7, 11) is 0. The van der Waals surface area contributed by atoms with Gasteiger partial charge in [-0.2, -0.15) is 0 Å². The Labute approximate surface area is 169 Å². The van der Waals surface area contributed by atoms with Crippen molar-refractivity contribution < 1.29 is 19.1 Å². The van der Waals surface area contributed by atoms with Crippen LogP contribution in [0.15, 0.2) is 60.7 Å². The summed E-state index contributed by atoms with van der Waals surface area (Å²) in [5.74, 6) is -1.75. The molecule has 0 aliphatic rings. The predicted octanol–water partition coefficient (Wildman–Crippen LogP) is 2.20. The van der Waals surface area contributed by atoms with Crippen molar-refractivity contribution in [1.82, 2.24) is 10.6 Å². The Bertz CT molecular complexity index is 784. The van der Waals surface area contributed by atoms with Crippen molar-refractivity contribution in [3.8, 4) is 0 Å². The smallest absolute Gasteiger partial charge is 0.328 e. The zero-order valence-corrected chi connectivity index (χ0v) is 16.3. The largest absolute Gasteiger partial charge is 0.459 e. The zero-order chi connectivity index (χ0) is 20.4. The van der Waals surface area contributed by atoms with Crippen molar-refractivity contribution in [2.24, 2.45) is 0 Å². The van der Waals surface area contributed by atoms with E-state index in [1.54, 1.807) is 0 Å². The Kier molecular flexibility index (Phi) is 8.49. The minimum absolute atomic E-state index is 0.121. The number of benzene rings is 2. The molecule has 2 atom stereocenters. The molecule has 0 aromatic heterocycles. The Morgan fingerprint density at radius 2 is 1.50 bits per heavy atom. The van der Waals surface area contributed by atoms with Crippen LogP contribution in [0.3, 0.4) is 0 Å². The van der Waals surface area contributed by atoms with E-state index in [9.17, 15) is 14.4 Å². The molecule has 6 nitrogen and oxygen atoms in total. The van der Waals surface area contributed by atoms with Crippen LogP contribution in [-0.4, -0.2) is 35.7 Å². The SMILES string of the molecule is C[C@@H](NC(=O)[C@@H](Cc1ccccc1)NC(=O)CCl)C(=O)OCc1ccccc1. The number of alkyl halides is 1. The molecular weight excluding hydrogens is 380 g/mol. The first-order valence-corrected chi connectivity index (χ1v) is 9.43. The second-order valence-electron chi connectivity index (χ2n) is 6.27. The molecule has 2 N–H and O–H groups in total. The molecular formula is C21H23ClN2O4. The van der Waals surface area contributed by atoms with Crippen LogP contribution in [0.1, 0.15) is 18.1 Å². The maximum atomic E-state index is 12.6. The molecule has 148 valence electrons. The van der Waals surface area contributed by atoms with Crippen molar-refractivity contribution in [2.75, 3.05) is 5.88 Å². The predicted molar refractivity (Wildman–Crippen MR) is 107 cm³/mol. The fraction of sp³-hybridized carbons (Fsp3) is 0.286. The van der Waals surface area contributed by atoms with Gasteiger partial charge in [0.1, 0.15) is 24.6 Å². The lowest BCUT2D eigenvalue weighted by Gasteiger charge is -2.20. The molecule has 0 heterocycles. The molecule has 0 saturated heterocycles. The fourth-order valence-corrected chi connectivity index (χ4v) is 2.60. The molecule has 0 unspecified atom stereocenters. The van der Waals surface area contributed by atoms with Gasteiger partial charge in [-0.15, -0.1) is 11.6 Å². The van der Waals surface area contributed by atoms with Crippen LogP contribution in [0.2, 0.25) is 0 Å². The summed E-state index contributed by atoms with van der Waals surface area (Å²) in [4.78, 5) is 36.5. The number of hydrogen-bond donors (Lipinski definition) is 2. The van der Waals surface area contributed by atoms with Gasteiger partial charge in [0.2, 0.25) is 11.8 Å². The molecule has 7 heteroatoms. The third-order valence-electron chi connectivity index (χ3n) is 3.99. The molecule has 0 saturated carbocycles. The molecule has 2 aromatic rings. The topological polar surface area (TPSA) is 84.5 Å². The number of ether oxygens (including phenoxy) is 1. The average Bonchev–Trinajstić information content (AvgIpc) is 2.72. The first-order chi connectivity index (χ1) is 13.5. The van der Waals surface area contributed by atoms with Gasteiger partial charge in [-0.25, -0.2) is 4.79 Å². The highest BCUT2D eigenvalue weighted by Gasteiger charge is 2.25. The molecule has 0 aliphatic carbocycles. The van der Waals surface area contributed by atoms with Crippen molar-refractivity contribution in [3.63, 3.8) is 0 Å². The summed E-state index contributed by atoms with van der Waals surface area (Å²) in [5, 5.41) is 5.18. The molecule has 0 fully saturated rings. The van der Waals surface area contributed by atoms with Gasteiger partial charge in [-0.3, -0.25) is 9.59 Å². The molecule has 2 rings (SSSR count). The molecule has 2 aromatic carbocycles. The Morgan fingerprint density at radius 1 is 0.929 bits per heavy atom. The van der Waals surface area contributed by atoms with Crippen molar-refractivity contribution in [1.29, 1.82) is 0 Å². The van der Waals surface area contributed by atoms with E-state index in [2.05, 4.69) is 10.6 Å². The van der Waals surface area contributed by atoms with Crippen LogP contribution in [0.4, 0.5) is 0 Å². The van der Waals surface area contributed by atoms with E-state index in [4.69, 9.17) is 16.3 Å². The summed E-state index contributed by atoms with van der Waals surface area (Å²) < 4.78 is 5.23. The van der Waals surface area contributed by atoms with Crippen molar-refractivity contribution in [2.45, 2.75) is 32.0 Å². The van der Waals surface area contributed by atoms with Gasteiger partial charge >= 0.3 is 5.97 Å². The number of carbonyl (C=O) groups is 3. The highest BCUT2D eigenvalue weighted by atomic mass is 35.5. The standard InChI is InChI=1S/C21H23ClN2O4/c1-15(21(27)28-14-17-10-6-3-7-11-17)23-20(26)18(24-19(25)13-22)12-16-8-4-2-5-9-16/h2-11,15,18H,12-14H2,1H3,(H,23,26)(H,24,25)/t15-,18-/m1/s1. The Morgan fingerprint density at radius 3 is 2.07 bits per heavy atom. The summed E-state index contributed by atoms with van der Waals surface area (Å²) in [5.41, 5.74) is 1.72. The van der Waals surface area contributed by atoms with E-state index < -0.39 is 29.9 Å². The maximum absolute atomic E-state index is 12.6. The first-order valence-electron chi connectivity index (χ1n) is 8.89. The normalized spacial score (nSPS) is 12.5. The highest BCUT2D eigenvalue weighted by Crippen LogP contribution is 2.05.